The smallest absolute Gasteiger partial charge is 0.206 e. The summed E-state index contributed by atoms with van der Waals surface area (Å²) >= 11 is 0. The van der Waals surface area contributed by atoms with Crippen molar-refractivity contribution in [2.24, 2.45) is 10.9 Å². The van der Waals surface area contributed by atoms with Crippen molar-refractivity contribution in [3.8, 4) is 0 Å². The number of imidazole rings is 1. The molecular formula is C10H16N4O2. The molecule has 1 aromatic heterocycles. The predicted octanol–water partition coefficient (Wildman–Crippen LogP) is 0.545. The lowest BCUT2D eigenvalue weighted by Crippen LogP contribution is -2.23. The molecule has 0 radical (unpaired) electrons. The van der Waals surface area contributed by atoms with Crippen molar-refractivity contribution in [3.05, 3.63) is 18.2 Å². The topological polar surface area (TPSA) is 85.7 Å². The Balaban J connectivity index is 2.07. The number of ether oxygens (including phenoxy) is 1. The SMILES string of the molecule is CC1CCC(Cn2ccnc2/C(N)=N/O)O1. The summed E-state index contributed by atoms with van der Waals surface area (Å²) < 4.78 is 7.56. The van der Waals surface area contributed by atoms with Crippen molar-refractivity contribution in [1.82, 2.24) is 9.55 Å². The zero-order chi connectivity index (χ0) is 11.5. The Hall–Kier alpha value is -1.56. The van der Waals surface area contributed by atoms with Gasteiger partial charge in [-0.1, -0.05) is 5.16 Å². The normalized spacial score (nSPS) is 26.2. The molecule has 0 amide bonds. The maximum absolute atomic E-state index is 8.61. The van der Waals surface area contributed by atoms with Crippen molar-refractivity contribution < 1.29 is 9.94 Å². The Labute approximate surface area is 93.7 Å². The van der Waals surface area contributed by atoms with Gasteiger partial charge in [-0.25, -0.2) is 4.98 Å². The summed E-state index contributed by atoms with van der Waals surface area (Å²) in [6.07, 6.45) is 6.06. The molecule has 0 aliphatic carbocycles. The van der Waals surface area contributed by atoms with E-state index >= 15 is 0 Å². The zero-order valence-electron chi connectivity index (χ0n) is 9.21. The standard InChI is InChI=1S/C10H16N4O2/c1-7-2-3-8(16-7)6-14-5-4-12-10(14)9(11)13-15/h4-5,7-8,15H,2-3,6H2,1H3,(H2,11,13). The van der Waals surface area contributed by atoms with Crippen LogP contribution in [-0.2, 0) is 11.3 Å². The van der Waals surface area contributed by atoms with Crippen LogP contribution in [-0.4, -0.2) is 32.8 Å². The van der Waals surface area contributed by atoms with Gasteiger partial charge < -0.3 is 20.2 Å². The highest BCUT2D eigenvalue weighted by Gasteiger charge is 2.23. The van der Waals surface area contributed by atoms with Gasteiger partial charge >= 0.3 is 0 Å². The van der Waals surface area contributed by atoms with Gasteiger partial charge in [0, 0.05) is 12.4 Å². The van der Waals surface area contributed by atoms with E-state index in [1.54, 1.807) is 12.4 Å². The molecule has 0 aromatic carbocycles. The molecule has 88 valence electrons. The molecule has 0 bridgehead atoms. The second-order valence-electron chi connectivity index (χ2n) is 4.03. The van der Waals surface area contributed by atoms with E-state index in [2.05, 4.69) is 17.1 Å². The second-order valence-corrected chi connectivity index (χ2v) is 4.03. The van der Waals surface area contributed by atoms with E-state index in [1.807, 2.05) is 4.57 Å². The first-order chi connectivity index (χ1) is 7.70. The number of rotatable bonds is 3. The van der Waals surface area contributed by atoms with Gasteiger partial charge in [-0.15, -0.1) is 0 Å². The maximum atomic E-state index is 8.61. The van der Waals surface area contributed by atoms with Crippen molar-refractivity contribution in [2.45, 2.75) is 38.5 Å². The van der Waals surface area contributed by atoms with Gasteiger partial charge in [0.05, 0.1) is 18.8 Å². The molecule has 3 N–H and O–H groups in total. The van der Waals surface area contributed by atoms with Gasteiger partial charge in [-0.05, 0) is 19.8 Å². The highest BCUT2D eigenvalue weighted by molar-refractivity contribution is 5.93. The molecule has 6 heteroatoms. The Morgan fingerprint density at radius 3 is 3.19 bits per heavy atom. The lowest BCUT2D eigenvalue weighted by atomic mass is 10.2. The molecule has 1 fully saturated rings. The first-order valence-electron chi connectivity index (χ1n) is 5.35. The Bertz CT molecular complexity index is 388. The summed E-state index contributed by atoms with van der Waals surface area (Å²) in [7, 11) is 0. The fourth-order valence-corrected chi connectivity index (χ4v) is 1.97. The highest BCUT2D eigenvalue weighted by atomic mass is 16.5. The monoisotopic (exact) mass is 224 g/mol. The van der Waals surface area contributed by atoms with Gasteiger partial charge in [0.25, 0.3) is 0 Å². The molecular weight excluding hydrogens is 208 g/mol. The maximum Gasteiger partial charge on any atom is 0.206 e. The Morgan fingerprint density at radius 1 is 1.75 bits per heavy atom. The van der Waals surface area contributed by atoms with Gasteiger partial charge in [0.2, 0.25) is 5.84 Å². The molecule has 1 aliphatic rings. The van der Waals surface area contributed by atoms with Crippen LogP contribution < -0.4 is 5.73 Å². The first-order valence-corrected chi connectivity index (χ1v) is 5.35. The molecule has 2 rings (SSSR count). The number of nitrogens with zero attached hydrogens (tertiary/aromatic N) is 3. The quantitative estimate of drug-likeness (QED) is 0.340. The van der Waals surface area contributed by atoms with E-state index in [1.165, 1.54) is 0 Å². The van der Waals surface area contributed by atoms with E-state index in [9.17, 15) is 0 Å². The minimum Gasteiger partial charge on any atom is -0.409 e. The van der Waals surface area contributed by atoms with Crippen molar-refractivity contribution in [3.63, 3.8) is 0 Å². The van der Waals surface area contributed by atoms with E-state index in [0.717, 1.165) is 12.8 Å². The molecule has 0 spiro atoms. The second kappa shape index (κ2) is 4.52. The minimum atomic E-state index is 0.0241. The number of amidine groups is 1. The third kappa shape index (κ3) is 2.16. The molecule has 6 nitrogen and oxygen atoms in total. The summed E-state index contributed by atoms with van der Waals surface area (Å²) in [5.41, 5.74) is 5.52. The van der Waals surface area contributed by atoms with Gasteiger partial charge in [-0.3, -0.25) is 0 Å². The summed E-state index contributed by atoms with van der Waals surface area (Å²) in [5.74, 6) is 0.502. The third-order valence-corrected chi connectivity index (χ3v) is 2.77. The van der Waals surface area contributed by atoms with E-state index < -0.39 is 0 Å². The van der Waals surface area contributed by atoms with Crippen LogP contribution in [0.1, 0.15) is 25.6 Å². The number of hydrogen-bond acceptors (Lipinski definition) is 4. The summed E-state index contributed by atoms with van der Waals surface area (Å²) in [6.45, 7) is 2.76. The van der Waals surface area contributed by atoms with Gasteiger partial charge in [-0.2, -0.15) is 0 Å². The molecule has 1 saturated heterocycles. The molecule has 1 aliphatic heterocycles. The number of nitrogens with two attached hydrogens (primary N) is 1. The molecule has 0 saturated carbocycles. The fraction of sp³-hybridized carbons (Fsp3) is 0.600. The van der Waals surface area contributed by atoms with Crippen molar-refractivity contribution in [1.29, 1.82) is 0 Å². The van der Waals surface area contributed by atoms with Crippen molar-refractivity contribution in [2.75, 3.05) is 0 Å². The van der Waals surface area contributed by atoms with Gasteiger partial charge in [0.1, 0.15) is 0 Å². The average Bonchev–Trinajstić information content (AvgIpc) is 2.87. The van der Waals surface area contributed by atoms with Crippen LogP contribution in [0, 0.1) is 0 Å². The minimum absolute atomic E-state index is 0.0241. The first kappa shape index (κ1) is 10.9. The fourth-order valence-electron chi connectivity index (χ4n) is 1.97. The number of hydrogen-bond donors (Lipinski definition) is 2. The summed E-state index contributed by atoms with van der Waals surface area (Å²) in [5, 5.41) is 11.6. The summed E-state index contributed by atoms with van der Waals surface area (Å²) in [6, 6.07) is 0. The molecule has 2 unspecified atom stereocenters. The average molecular weight is 224 g/mol. The van der Waals surface area contributed by atoms with Crippen LogP contribution >= 0.6 is 0 Å². The molecule has 2 heterocycles. The largest absolute Gasteiger partial charge is 0.409 e. The predicted molar refractivity (Wildman–Crippen MR) is 58.3 cm³/mol. The lowest BCUT2D eigenvalue weighted by Gasteiger charge is -2.13. The van der Waals surface area contributed by atoms with Gasteiger partial charge in [0.15, 0.2) is 5.82 Å². The van der Waals surface area contributed by atoms with Crippen LogP contribution in [0.4, 0.5) is 0 Å². The van der Waals surface area contributed by atoms with E-state index in [4.69, 9.17) is 15.7 Å². The van der Waals surface area contributed by atoms with E-state index in [0.29, 0.717) is 18.5 Å². The Kier molecular flexibility index (Phi) is 3.09. The number of oxime groups is 1. The molecule has 1 aromatic rings. The van der Waals surface area contributed by atoms with Crippen LogP contribution in [0.3, 0.4) is 0 Å². The van der Waals surface area contributed by atoms with Crippen LogP contribution in [0.25, 0.3) is 0 Å². The highest BCUT2D eigenvalue weighted by Crippen LogP contribution is 2.20. The van der Waals surface area contributed by atoms with Crippen LogP contribution in [0.15, 0.2) is 17.5 Å². The number of aromatic nitrogens is 2. The third-order valence-electron chi connectivity index (χ3n) is 2.77. The molecule has 2 atom stereocenters. The van der Waals surface area contributed by atoms with Crippen LogP contribution in [0.5, 0.6) is 0 Å². The Morgan fingerprint density at radius 2 is 2.56 bits per heavy atom. The van der Waals surface area contributed by atoms with Crippen LogP contribution in [0.2, 0.25) is 0 Å². The molecule has 16 heavy (non-hydrogen) atoms. The van der Waals surface area contributed by atoms with Crippen molar-refractivity contribution >= 4 is 5.84 Å². The summed E-state index contributed by atoms with van der Waals surface area (Å²) in [4.78, 5) is 4.04. The van der Waals surface area contributed by atoms with E-state index in [-0.39, 0.29) is 11.9 Å². The zero-order valence-corrected chi connectivity index (χ0v) is 9.21. The lowest BCUT2D eigenvalue weighted by molar-refractivity contribution is 0.0457.